The number of hydrogen-bond acceptors (Lipinski definition) is 6. The molecule has 0 saturated heterocycles. The van der Waals surface area contributed by atoms with Crippen LogP contribution < -0.4 is 10.1 Å². The van der Waals surface area contributed by atoms with E-state index in [4.69, 9.17) is 4.74 Å². The van der Waals surface area contributed by atoms with E-state index in [2.05, 4.69) is 25.3 Å². The molecule has 0 saturated carbocycles. The van der Waals surface area contributed by atoms with E-state index in [-0.39, 0.29) is 17.6 Å². The molecule has 0 aliphatic rings. The second-order valence-electron chi connectivity index (χ2n) is 5.11. The summed E-state index contributed by atoms with van der Waals surface area (Å²) in [5.74, 6) is 0.275. The van der Waals surface area contributed by atoms with Gasteiger partial charge in [-0.2, -0.15) is 0 Å². The molecule has 2 aromatic heterocycles. The fourth-order valence-corrected chi connectivity index (χ4v) is 1.98. The fourth-order valence-electron chi connectivity index (χ4n) is 1.98. The quantitative estimate of drug-likeness (QED) is 0.794. The first kappa shape index (κ1) is 15.5. The van der Waals surface area contributed by atoms with Crippen molar-refractivity contribution in [3.05, 3.63) is 66.0 Å². The molecule has 0 aliphatic heterocycles. The van der Waals surface area contributed by atoms with E-state index in [9.17, 15) is 4.79 Å². The summed E-state index contributed by atoms with van der Waals surface area (Å²) in [6.45, 7) is 3.68. The largest absolute Gasteiger partial charge is 0.424 e. The second-order valence-corrected chi connectivity index (χ2v) is 5.11. The monoisotopic (exact) mass is 321 g/mol. The molecule has 3 rings (SSSR count). The van der Waals surface area contributed by atoms with Crippen LogP contribution in [0.2, 0.25) is 0 Å². The number of aromatic nitrogens is 4. The lowest BCUT2D eigenvalue weighted by Crippen LogP contribution is -2.14. The van der Waals surface area contributed by atoms with Gasteiger partial charge < -0.3 is 10.1 Å². The van der Waals surface area contributed by atoms with Crippen molar-refractivity contribution in [1.82, 2.24) is 19.9 Å². The zero-order valence-corrected chi connectivity index (χ0v) is 13.2. The molecule has 120 valence electrons. The summed E-state index contributed by atoms with van der Waals surface area (Å²) in [6, 6.07) is 7.27. The molecule has 24 heavy (non-hydrogen) atoms. The van der Waals surface area contributed by atoms with Gasteiger partial charge in [0.15, 0.2) is 0 Å². The highest BCUT2D eigenvalue weighted by Crippen LogP contribution is 2.24. The maximum Gasteiger partial charge on any atom is 0.321 e. The van der Waals surface area contributed by atoms with E-state index in [1.807, 2.05) is 13.8 Å². The molecule has 1 N–H and O–H groups in total. The van der Waals surface area contributed by atoms with Gasteiger partial charge in [0, 0.05) is 24.3 Å². The Morgan fingerprint density at radius 1 is 1.04 bits per heavy atom. The molecule has 3 aromatic rings. The number of ether oxygens (including phenoxy) is 1. The molecule has 2 heterocycles. The maximum absolute atomic E-state index is 12.2. The van der Waals surface area contributed by atoms with Gasteiger partial charge in [0.05, 0.1) is 11.9 Å². The third kappa shape index (κ3) is 3.70. The molecule has 1 aromatic carbocycles. The standard InChI is InChI=1S/C17H15N5O2/c1-11-8-13(24-17-18-6-3-7-19-17)4-5-14(11)22-16(23)15-10-20-12(2)9-21-15/h3-10H,1-2H3,(H,22,23). The highest BCUT2D eigenvalue weighted by Gasteiger charge is 2.10. The van der Waals surface area contributed by atoms with E-state index in [0.29, 0.717) is 11.4 Å². The highest BCUT2D eigenvalue weighted by molar-refractivity contribution is 6.03. The van der Waals surface area contributed by atoms with Crippen molar-refractivity contribution in [3.63, 3.8) is 0 Å². The minimum Gasteiger partial charge on any atom is -0.424 e. The van der Waals surface area contributed by atoms with Gasteiger partial charge in [-0.05, 0) is 43.7 Å². The molecule has 0 aliphatic carbocycles. The Morgan fingerprint density at radius 2 is 1.83 bits per heavy atom. The minimum absolute atomic E-state index is 0.262. The van der Waals surface area contributed by atoms with Crippen LogP contribution in [0.3, 0.4) is 0 Å². The summed E-state index contributed by atoms with van der Waals surface area (Å²) in [6.07, 6.45) is 6.21. The van der Waals surface area contributed by atoms with Gasteiger partial charge in [0.25, 0.3) is 5.91 Å². The Kier molecular flexibility index (Phi) is 4.42. The van der Waals surface area contributed by atoms with E-state index >= 15 is 0 Å². The van der Waals surface area contributed by atoms with Crippen molar-refractivity contribution in [3.8, 4) is 11.8 Å². The fraction of sp³-hybridized carbons (Fsp3) is 0.118. The van der Waals surface area contributed by atoms with Crippen molar-refractivity contribution in [1.29, 1.82) is 0 Å². The van der Waals surface area contributed by atoms with Crippen molar-refractivity contribution in [2.45, 2.75) is 13.8 Å². The van der Waals surface area contributed by atoms with Gasteiger partial charge >= 0.3 is 6.01 Å². The molecule has 0 radical (unpaired) electrons. The molecule has 0 bridgehead atoms. The highest BCUT2D eigenvalue weighted by atomic mass is 16.5. The number of hydrogen-bond donors (Lipinski definition) is 1. The molecule has 0 unspecified atom stereocenters. The number of carbonyl (C=O) groups is 1. The Balaban J connectivity index is 1.73. The summed E-state index contributed by atoms with van der Waals surface area (Å²) < 4.78 is 5.56. The molecular weight excluding hydrogens is 306 g/mol. The van der Waals surface area contributed by atoms with Crippen molar-refractivity contribution in [2.75, 3.05) is 5.32 Å². The first-order valence-electron chi connectivity index (χ1n) is 7.27. The van der Waals surface area contributed by atoms with Crippen molar-refractivity contribution >= 4 is 11.6 Å². The molecule has 0 atom stereocenters. The lowest BCUT2D eigenvalue weighted by molar-refractivity contribution is 0.102. The van der Waals surface area contributed by atoms with Crippen LogP contribution in [0.25, 0.3) is 0 Å². The number of benzene rings is 1. The number of amides is 1. The number of carbonyl (C=O) groups excluding carboxylic acids is 1. The topological polar surface area (TPSA) is 89.9 Å². The summed E-state index contributed by atoms with van der Waals surface area (Å²) in [5, 5.41) is 2.81. The Bertz CT molecular complexity index is 851. The van der Waals surface area contributed by atoms with Gasteiger partial charge in [-0.25, -0.2) is 15.0 Å². The first-order chi connectivity index (χ1) is 11.6. The third-order valence-electron chi connectivity index (χ3n) is 3.21. The van der Waals surface area contributed by atoms with E-state index in [0.717, 1.165) is 11.3 Å². The lowest BCUT2D eigenvalue weighted by atomic mass is 10.2. The Labute approximate surface area is 138 Å². The second kappa shape index (κ2) is 6.82. The van der Waals surface area contributed by atoms with E-state index in [1.54, 1.807) is 42.9 Å². The van der Waals surface area contributed by atoms with Crippen LogP contribution >= 0.6 is 0 Å². The smallest absolute Gasteiger partial charge is 0.321 e. The van der Waals surface area contributed by atoms with E-state index in [1.165, 1.54) is 6.20 Å². The molecule has 1 amide bonds. The van der Waals surface area contributed by atoms with Crippen LogP contribution in [0, 0.1) is 13.8 Å². The maximum atomic E-state index is 12.2. The van der Waals surface area contributed by atoms with Gasteiger partial charge in [-0.1, -0.05) is 0 Å². The van der Waals surface area contributed by atoms with Crippen LogP contribution in [0.15, 0.2) is 49.1 Å². The van der Waals surface area contributed by atoms with Gasteiger partial charge in [0.2, 0.25) is 0 Å². The summed E-state index contributed by atoms with van der Waals surface area (Å²) in [5.41, 5.74) is 2.53. The molecule has 7 heteroatoms. The predicted octanol–water partition coefficient (Wildman–Crippen LogP) is 2.93. The average Bonchev–Trinajstić information content (AvgIpc) is 2.59. The Hall–Kier alpha value is -3.35. The van der Waals surface area contributed by atoms with Crippen LogP contribution in [0.5, 0.6) is 11.8 Å². The number of anilines is 1. The van der Waals surface area contributed by atoms with Gasteiger partial charge in [-0.15, -0.1) is 0 Å². The summed E-state index contributed by atoms with van der Waals surface area (Å²) in [4.78, 5) is 28.3. The third-order valence-corrected chi connectivity index (χ3v) is 3.21. The molecular formula is C17H15N5O2. The number of aryl methyl sites for hydroxylation is 2. The summed E-state index contributed by atoms with van der Waals surface area (Å²) in [7, 11) is 0. The molecule has 0 spiro atoms. The first-order valence-corrected chi connectivity index (χ1v) is 7.27. The average molecular weight is 321 g/mol. The lowest BCUT2D eigenvalue weighted by Gasteiger charge is -2.10. The molecule has 0 fully saturated rings. The normalized spacial score (nSPS) is 10.2. The number of nitrogens with one attached hydrogen (secondary N) is 1. The number of nitrogens with zero attached hydrogens (tertiary/aromatic N) is 4. The van der Waals surface area contributed by atoms with Crippen molar-refractivity contribution in [2.24, 2.45) is 0 Å². The van der Waals surface area contributed by atoms with Crippen LogP contribution in [-0.4, -0.2) is 25.8 Å². The van der Waals surface area contributed by atoms with Crippen LogP contribution in [-0.2, 0) is 0 Å². The zero-order valence-electron chi connectivity index (χ0n) is 13.2. The SMILES string of the molecule is Cc1cnc(C(=O)Nc2ccc(Oc3ncccn3)cc2C)cn1. The Morgan fingerprint density at radius 3 is 2.50 bits per heavy atom. The van der Waals surface area contributed by atoms with Gasteiger partial charge in [0.1, 0.15) is 11.4 Å². The zero-order chi connectivity index (χ0) is 16.9. The number of rotatable bonds is 4. The van der Waals surface area contributed by atoms with Crippen LogP contribution in [0.4, 0.5) is 5.69 Å². The van der Waals surface area contributed by atoms with E-state index < -0.39 is 0 Å². The van der Waals surface area contributed by atoms with Crippen molar-refractivity contribution < 1.29 is 9.53 Å². The minimum atomic E-state index is -0.314. The summed E-state index contributed by atoms with van der Waals surface area (Å²) >= 11 is 0. The van der Waals surface area contributed by atoms with Gasteiger partial charge in [-0.3, -0.25) is 9.78 Å². The van der Waals surface area contributed by atoms with Crippen LogP contribution in [0.1, 0.15) is 21.7 Å². The predicted molar refractivity (Wildman–Crippen MR) is 88.0 cm³/mol. The molecule has 7 nitrogen and oxygen atoms in total.